The van der Waals surface area contributed by atoms with E-state index < -0.39 is 0 Å². The molecule has 0 aliphatic rings. The molecule has 0 aliphatic carbocycles. The minimum atomic E-state index is -0.360. The Kier molecular flexibility index (Phi) is 23.6. The molecule has 0 N–H and O–H groups in total. The van der Waals surface area contributed by atoms with Crippen LogP contribution in [0.3, 0.4) is 0 Å². The van der Waals surface area contributed by atoms with Gasteiger partial charge in [0, 0.05) is 6.61 Å². The van der Waals surface area contributed by atoms with Crippen LogP contribution in [0.1, 0.15) is 190 Å². The van der Waals surface area contributed by atoms with Gasteiger partial charge in [-0.15, -0.1) is 0 Å². The Hall–Kier alpha value is -3.11. The molecule has 0 saturated carbocycles. The molecule has 3 rings (SSSR count). The van der Waals surface area contributed by atoms with Crippen molar-refractivity contribution in [1.82, 2.24) is 0 Å². The summed E-state index contributed by atoms with van der Waals surface area (Å²) in [7, 11) is 0. The molecule has 52 heavy (non-hydrogen) atoms. The summed E-state index contributed by atoms with van der Waals surface area (Å²) in [6.45, 7) is 8.17. The van der Waals surface area contributed by atoms with E-state index in [2.05, 4.69) is 32.9 Å². The van der Waals surface area contributed by atoms with Gasteiger partial charge in [0.05, 0.1) is 18.3 Å². The lowest BCUT2D eigenvalue weighted by atomic mass is 10.0. The number of hydrogen-bond donors (Lipinski definition) is 0. The van der Waals surface area contributed by atoms with Gasteiger partial charge in [0.25, 0.3) is 0 Å². The van der Waals surface area contributed by atoms with Crippen molar-refractivity contribution >= 4 is 5.97 Å². The van der Waals surface area contributed by atoms with E-state index in [1.165, 1.54) is 135 Å². The average molecular weight is 713 g/mol. The van der Waals surface area contributed by atoms with Gasteiger partial charge in [-0.05, 0) is 72.9 Å². The zero-order valence-corrected chi connectivity index (χ0v) is 33.3. The zero-order valence-electron chi connectivity index (χ0n) is 33.3. The largest absolute Gasteiger partial charge is 0.494 e. The summed E-state index contributed by atoms with van der Waals surface area (Å²) in [5.41, 5.74) is 3.75. The Morgan fingerprint density at radius 3 is 1.31 bits per heavy atom. The summed E-state index contributed by atoms with van der Waals surface area (Å²) in [4.78, 5) is 12.9. The maximum absolute atomic E-state index is 12.9. The third kappa shape index (κ3) is 19.1. The minimum Gasteiger partial charge on any atom is -0.494 e. The molecular formula is C48H72O4. The Morgan fingerprint density at radius 1 is 0.462 bits per heavy atom. The number of esters is 1. The van der Waals surface area contributed by atoms with Crippen LogP contribution in [0.2, 0.25) is 0 Å². The fourth-order valence-corrected chi connectivity index (χ4v) is 6.77. The van der Waals surface area contributed by atoms with Crippen molar-refractivity contribution in [3.05, 3.63) is 83.9 Å². The Labute approximate surface area is 318 Å². The number of benzene rings is 3. The van der Waals surface area contributed by atoms with E-state index in [1.54, 1.807) is 0 Å². The fraction of sp³-hybridized carbons (Fsp3) is 0.604. The second kappa shape index (κ2) is 28.4. The summed E-state index contributed by atoms with van der Waals surface area (Å²) in [5, 5.41) is 0. The third-order valence-electron chi connectivity index (χ3n) is 10.3. The van der Waals surface area contributed by atoms with E-state index >= 15 is 0 Å². The molecule has 0 spiro atoms. The number of carbonyl (C=O) groups excluding carboxylic acids is 1. The third-order valence-corrected chi connectivity index (χ3v) is 10.3. The molecule has 1 unspecified atom stereocenters. The van der Waals surface area contributed by atoms with Crippen LogP contribution < -0.4 is 9.47 Å². The maximum Gasteiger partial charge on any atom is 0.343 e. The van der Waals surface area contributed by atoms with E-state index in [-0.39, 0.29) is 12.1 Å². The smallest absolute Gasteiger partial charge is 0.343 e. The van der Waals surface area contributed by atoms with E-state index in [0.29, 0.717) is 11.3 Å². The molecule has 288 valence electrons. The van der Waals surface area contributed by atoms with E-state index in [9.17, 15) is 4.79 Å². The maximum atomic E-state index is 12.9. The van der Waals surface area contributed by atoms with Crippen LogP contribution in [0.5, 0.6) is 11.5 Å². The van der Waals surface area contributed by atoms with Gasteiger partial charge in [0.15, 0.2) is 0 Å². The van der Waals surface area contributed by atoms with Crippen molar-refractivity contribution in [1.29, 1.82) is 0 Å². The highest BCUT2D eigenvalue weighted by Gasteiger charge is 2.11. The average Bonchev–Trinajstić information content (AvgIpc) is 3.17. The quantitative estimate of drug-likeness (QED) is 0.0378. The molecule has 0 aromatic heterocycles. The molecule has 0 bridgehead atoms. The monoisotopic (exact) mass is 713 g/mol. The molecule has 0 saturated heterocycles. The van der Waals surface area contributed by atoms with Crippen LogP contribution in [0, 0.1) is 0 Å². The first kappa shape index (κ1) is 43.3. The topological polar surface area (TPSA) is 44.8 Å². The fourth-order valence-electron chi connectivity index (χ4n) is 6.77. The summed E-state index contributed by atoms with van der Waals surface area (Å²) in [5.74, 6) is 1.07. The summed E-state index contributed by atoms with van der Waals surface area (Å²) >= 11 is 0. The molecule has 0 radical (unpaired) electrons. The van der Waals surface area contributed by atoms with Crippen LogP contribution >= 0.6 is 0 Å². The van der Waals surface area contributed by atoms with E-state index in [1.807, 2.05) is 60.7 Å². The highest BCUT2D eigenvalue weighted by molar-refractivity contribution is 5.91. The lowest BCUT2D eigenvalue weighted by Gasteiger charge is -2.14. The SMILES string of the molecule is CCCCCCCCCCCCCCCCCCCOC(C)c1ccc(OC(=O)c2ccc(-c3ccc(OCCCCCCCC)cc3)cc2)cc1. The second-order valence-corrected chi connectivity index (χ2v) is 14.8. The van der Waals surface area contributed by atoms with Crippen LogP contribution in [0.4, 0.5) is 0 Å². The number of rotatable bonds is 31. The van der Waals surface area contributed by atoms with Crippen molar-refractivity contribution in [2.24, 2.45) is 0 Å². The molecule has 0 amide bonds. The molecule has 4 heteroatoms. The first-order valence-electron chi connectivity index (χ1n) is 21.4. The highest BCUT2D eigenvalue weighted by Crippen LogP contribution is 2.25. The Balaban J connectivity index is 1.22. The lowest BCUT2D eigenvalue weighted by molar-refractivity contribution is 0.0627. The van der Waals surface area contributed by atoms with Crippen LogP contribution in [0.25, 0.3) is 11.1 Å². The minimum absolute atomic E-state index is 0.0132. The molecule has 0 aliphatic heterocycles. The van der Waals surface area contributed by atoms with Crippen LogP contribution in [-0.2, 0) is 4.74 Å². The van der Waals surface area contributed by atoms with Crippen LogP contribution in [0.15, 0.2) is 72.8 Å². The summed E-state index contributed by atoms with van der Waals surface area (Å²) < 4.78 is 17.7. The molecule has 1 atom stereocenters. The van der Waals surface area contributed by atoms with Gasteiger partial charge in [-0.2, -0.15) is 0 Å². The molecular weight excluding hydrogens is 641 g/mol. The summed E-state index contributed by atoms with van der Waals surface area (Å²) in [6, 6.07) is 23.4. The Bertz CT molecular complexity index is 1280. The second-order valence-electron chi connectivity index (χ2n) is 14.8. The van der Waals surface area contributed by atoms with Gasteiger partial charge in [-0.3, -0.25) is 0 Å². The van der Waals surface area contributed by atoms with Crippen LogP contribution in [-0.4, -0.2) is 19.2 Å². The Morgan fingerprint density at radius 2 is 0.846 bits per heavy atom. The number of ether oxygens (including phenoxy) is 3. The van der Waals surface area contributed by atoms with Gasteiger partial charge < -0.3 is 14.2 Å². The molecule has 4 nitrogen and oxygen atoms in total. The first-order valence-corrected chi connectivity index (χ1v) is 21.4. The normalized spacial score (nSPS) is 11.8. The van der Waals surface area contributed by atoms with Crippen molar-refractivity contribution in [3.63, 3.8) is 0 Å². The summed E-state index contributed by atoms with van der Waals surface area (Å²) in [6.07, 6.45) is 31.0. The predicted molar refractivity (Wildman–Crippen MR) is 221 cm³/mol. The molecule has 0 fully saturated rings. The van der Waals surface area contributed by atoms with E-state index in [0.717, 1.165) is 48.5 Å². The molecule has 3 aromatic carbocycles. The van der Waals surface area contributed by atoms with Crippen molar-refractivity contribution < 1.29 is 19.0 Å². The molecule has 0 heterocycles. The zero-order chi connectivity index (χ0) is 36.9. The van der Waals surface area contributed by atoms with E-state index in [4.69, 9.17) is 14.2 Å². The first-order chi connectivity index (χ1) is 25.6. The predicted octanol–water partition coefficient (Wildman–Crippen LogP) is 15.0. The molecule has 3 aromatic rings. The lowest BCUT2D eigenvalue weighted by Crippen LogP contribution is -2.08. The number of hydrogen-bond acceptors (Lipinski definition) is 4. The van der Waals surface area contributed by atoms with Gasteiger partial charge >= 0.3 is 5.97 Å². The number of carbonyl (C=O) groups is 1. The number of unbranched alkanes of at least 4 members (excludes halogenated alkanes) is 21. The van der Waals surface area contributed by atoms with Crippen molar-refractivity contribution in [3.8, 4) is 22.6 Å². The van der Waals surface area contributed by atoms with Gasteiger partial charge in [0.2, 0.25) is 0 Å². The van der Waals surface area contributed by atoms with Gasteiger partial charge in [-0.1, -0.05) is 185 Å². The highest BCUT2D eigenvalue weighted by atomic mass is 16.5. The van der Waals surface area contributed by atoms with Crippen molar-refractivity contribution in [2.75, 3.05) is 13.2 Å². The van der Waals surface area contributed by atoms with Crippen molar-refractivity contribution in [2.45, 2.75) is 175 Å². The standard InChI is InChI=1S/C48H72O4/c1-4-6-8-10-12-13-14-15-16-17-18-19-20-21-22-24-25-39-50-41(3)42-31-37-47(38-32-42)52-48(49)45-29-27-43(28-30-45)44-33-35-46(36-34-44)51-40-26-23-11-9-7-5-2/h27-38,41H,4-26,39-40H2,1-3H3. The van der Waals surface area contributed by atoms with Gasteiger partial charge in [0.1, 0.15) is 11.5 Å². The van der Waals surface area contributed by atoms with Gasteiger partial charge in [-0.25, -0.2) is 4.79 Å².